The number of hydrogen-bond acceptors (Lipinski definition) is 2. The average Bonchev–Trinajstić information content (AvgIpc) is 2.38. The summed E-state index contributed by atoms with van der Waals surface area (Å²) in [5.74, 6) is 0. The lowest BCUT2D eigenvalue weighted by Gasteiger charge is -2.43. The molecule has 2 aliphatic rings. The van der Waals surface area contributed by atoms with Crippen molar-refractivity contribution in [3.05, 3.63) is 0 Å². The Labute approximate surface area is 105 Å². The van der Waals surface area contributed by atoms with Crippen molar-refractivity contribution in [1.82, 2.24) is 4.90 Å². The number of likely N-dealkylation sites (tertiary alicyclic amines) is 1. The van der Waals surface area contributed by atoms with Gasteiger partial charge in [0.1, 0.15) is 0 Å². The summed E-state index contributed by atoms with van der Waals surface area (Å²) in [4.78, 5) is 13.6. The van der Waals surface area contributed by atoms with Crippen molar-refractivity contribution in [2.45, 2.75) is 58.3 Å². The predicted octanol–water partition coefficient (Wildman–Crippen LogP) is 3.58. The van der Waals surface area contributed by atoms with Crippen molar-refractivity contribution < 1.29 is 9.53 Å². The Morgan fingerprint density at radius 1 is 1.12 bits per heavy atom. The van der Waals surface area contributed by atoms with Gasteiger partial charge in [-0.2, -0.15) is 0 Å². The summed E-state index contributed by atoms with van der Waals surface area (Å²) in [5.41, 5.74) is 0.569. The first-order valence-corrected chi connectivity index (χ1v) is 7.17. The highest BCUT2D eigenvalue weighted by atomic mass is 16.6. The molecule has 0 unspecified atom stereocenters. The molecule has 98 valence electrons. The van der Waals surface area contributed by atoms with Crippen LogP contribution in [0, 0.1) is 5.41 Å². The molecule has 0 atom stereocenters. The zero-order valence-corrected chi connectivity index (χ0v) is 11.0. The van der Waals surface area contributed by atoms with Crippen LogP contribution >= 0.6 is 0 Å². The predicted molar refractivity (Wildman–Crippen MR) is 68.0 cm³/mol. The first kappa shape index (κ1) is 12.7. The van der Waals surface area contributed by atoms with Crippen LogP contribution in [0.2, 0.25) is 0 Å². The number of nitrogens with zero attached hydrogens (tertiary/aromatic N) is 1. The summed E-state index contributed by atoms with van der Waals surface area (Å²) in [5, 5.41) is 0. The molecule has 0 N–H and O–H groups in total. The highest BCUT2D eigenvalue weighted by Crippen LogP contribution is 2.44. The molecule has 17 heavy (non-hydrogen) atoms. The van der Waals surface area contributed by atoms with E-state index in [9.17, 15) is 4.79 Å². The molecule has 2 fully saturated rings. The normalized spacial score (nSPS) is 23.7. The van der Waals surface area contributed by atoms with Crippen LogP contribution in [0.15, 0.2) is 0 Å². The topological polar surface area (TPSA) is 29.5 Å². The minimum Gasteiger partial charge on any atom is -0.449 e. The third kappa shape index (κ3) is 3.14. The SMILES string of the molecule is CCCOC(=O)N1CCC2(CCCCC2)CC1. The molecule has 2 rings (SSSR count). The second-order valence-electron chi connectivity index (χ2n) is 5.66. The van der Waals surface area contributed by atoms with E-state index in [1.165, 1.54) is 44.9 Å². The minimum atomic E-state index is -0.0995. The summed E-state index contributed by atoms with van der Waals surface area (Å²) in [7, 11) is 0. The Balaban J connectivity index is 1.78. The van der Waals surface area contributed by atoms with E-state index in [2.05, 4.69) is 0 Å². The van der Waals surface area contributed by atoms with Crippen molar-refractivity contribution in [3.63, 3.8) is 0 Å². The zero-order chi connectivity index (χ0) is 12.1. The van der Waals surface area contributed by atoms with Crippen LogP contribution in [0.5, 0.6) is 0 Å². The molecular formula is C14H25NO2. The lowest BCUT2D eigenvalue weighted by Crippen LogP contribution is -2.44. The molecular weight excluding hydrogens is 214 g/mol. The number of rotatable bonds is 2. The van der Waals surface area contributed by atoms with E-state index in [0.717, 1.165) is 19.5 Å². The fourth-order valence-electron chi connectivity index (χ4n) is 3.25. The maximum atomic E-state index is 11.7. The molecule has 0 radical (unpaired) electrons. The van der Waals surface area contributed by atoms with Gasteiger partial charge in [-0.05, 0) is 37.5 Å². The molecule has 3 heteroatoms. The number of ether oxygens (including phenoxy) is 1. The number of amides is 1. The van der Waals surface area contributed by atoms with E-state index >= 15 is 0 Å². The van der Waals surface area contributed by atoms with E-state index in [1.54, 1.807) is 0 Å². The van der Waals surface area contributed by atoms with Gasteiger partial charge >= 0.3 is 6.09 Å². The monoisotopic (exact) mass is 239 g/mol. The second kappa shape index (κ2) is 5.74. The van der Waals surface area contributed by atoms with Crippen LogP contribution in [0.3, 0.4) is 0 Å². The largest absolute Gasteiger partial charge is 0.449 e. The van der Waals surface area contributed by atoms with Gasteiger partial charge < -0.3 is 9.64 Å². The van der Waals surface area contributed by atoms with Gasteiger partial charge in [0.2, 0.25) is 0 Å². The summed E-state index contributed by atoms with van der Waals surface area (Å²) in [6, 6.07) is 0. The van der Waals surface area contributed by atoms with Crippen LogP contribution in [-0.2, 0) is 4.74 Å². The molecule has 0 aromatic rings. The maximum absolute atomic E-state index is 11.7. The lowest BCUT2D eigenvalue weighted by atomic mass is 9.68. The second-order valence-corrected chi connectivity index (χ2v) is 5.66. The van der Waals surface area contributed by atoms with Gasteiger partial charge in [-0.15, -0.1) is 0 Å². The van der Waals surface area contributed by atoms with E-state index in [-0.39, 0.29) is 6.09 Å². The van der Waals surface area contributed by atoms with Crippen LogP contribution in [-0.4, -0.2) is 30.7 Å². The Morgan fingerprint density at radius 3 is 2.35 bits per heavy atom. The smallest absolute Gasteiger partial charge is 0.409 e. The molecule has 1 heterocycles. The fraction of sp³-hybridized carbons (Fsp3) is 0.929. The number of carbonyl (C=O) groups excluding carboxylic acids is 1. The Kier molecular flexibility index (Phi) is 4.30. The van der Waals surface area contributed by atoms with Crippen LogP contribution in [0.1, 0.15) is 58.3 Å². The number of hydrogen-bond donors (Lipinski definition) is 0. The molecule has 1 saturated carbocycles. The number of piperidine rings is 1. The summed E-state index contributed by atoms with van der Waals surface area (Å²) >= 11 is 0. The average molecular weight is 239 g/mol. The highest BCUT2D eigenvalue weighted by Gasteiger charge is 2.36. The molecule has 1 aliphatic carbocycles. The van der Waals surface area contributed by atoms with Crippen molar-refractivity contribution in [2.75, 3.05) is 19.7 Å². The van der Waals surface area contributed by atoms with E-state index in [1.807, 2.05) is 11.8 Å². The van der Waals surface area contributed by atoms with Crippen LogP contribution in [0.4, 0.5) is 4.79 Å². The third-order valence-electron chi connectivity index (χ3n) is 4.43. The van der Waals surface area contributed by atoms with Crippen molar-refractivity contribution in [1.29, 1.82) is 0 Å². The Bertz CT molecular complexity index is 249. The van der Waals surface area contributed by atoms with Gasteiger partial charge in [0, 0.05) is 13.1 Å². The molecule has 1 amide bonds. The molecule has 1 saturated heterocycles. The van der Waals surface area contributed by atoms with Crippen molar-refractivity contribution in [3.8, 4) is 0 Å². The van der Waals surface area contributed by atoms with Crippen LogP contribution < -0.4 is 0 Å². The van der Waals surface area contributed by atoms with Crippen LogP contribution in [0.25, 0.3) is 0 Å². The zero-order valence-electron chi connectivity index (χ0n) is 11.0. The molecule has 0 bridgehead atoms. The molecule has 1 spiro atoms. The van der Waals surface area contributed by atoms with Gasteiger partial charge in [0.05, 0.1) is 6.61 Å². The molecule has 0 aromatic heterocycles. The Hall–Kier alpha value is -0.730. The quantitative estimate of drug-likeness (QED) is 0.737. The maximum Gasteiger partial charge on any atom is 0.409 e. The first-order chi connectivity index (χ1) is 8.26. The van der Waals surface area contributed by atoms with Crippen molar-refractivity contribution >= 4 is 6.09 Å². The van der Waals surface area contributed by atoms with Gasteiger partial charge in [0.25, 0.3) is 0 Å². The summed E-state index contributed by atoms with van der Waals surface area (Å²) in [6.45, 7) is 4.39. The first-order valence-electron chi connectivity index (χ1n) is 7.17. The standard InChI is InChI=1S/C14H25NO2/c1-2-12-17-13(16)15-10-8-14(9-11-15)6-4-3-5-7-14/h2-12H2,1H3. The highest BCUT2D eigenvalue weighted by molar-refractivity contribution is 5.67. The molecule has 1 aliphatic heterocycles. The van der Waals surface area contributed by atoms with Gasteiger partial charge in [-0.1, -0.05) is 26.2 Å². The lowest BCUT2D eigenvalue weighted by molar-refractivity contribution is 0.0486. The van der Waals surface area contributed by atoms with E-state index in [0.29, 0.717) is 12.0 Å². The van der Waals surface area contributed by atoms with Crippen molar-refractivity contribution in [2.24, 2.45) is 5.41 Å². The van der Waals surface area contributed by atoms with Gasteiger partial charge in [-0.3, -0.25) is 0 Å². The molecule has 0 aromatic carbocycles. The fourth-order valence-corrected chi connectivity index (χ4v) is 3.25. The van der Waals surface area contributed by atoms with Gasteiger partial charge in [0.15, 0.2) is 0 Å². The number of carbonyl (C=O) groups is 1. The summed E-state index contributed by atoms with van der Waals surface area (Å²) < 4.78 is 5.19. The van der Waals surface area contributed by atoms with Gasteiger partial charge in [-0.25, -0.2) is 4.79 Å². The molecule has 3 nitrogen and oxygen atoms in total. The van der Waals surface area contributed by atoms with E-state index in [4.69, 9.17) is 4.74 Å². The Morgan fingerprint density at radius 2 is 1.76 bits per heavy atom. The third-order valence-corrected chi connectivity index (χ3v) is 4.43. The minimum absolute atomic E-state index is 0.0995. The summed E-state index contributed by atoms with van der Waals surface area (Å²) in [6.07, 6.45) is 10.1. The van der Waals surface area contributed by atoms with E-state index < -0.39 is 0 Å².